The molecule has 3 aliphatic rings. The number of benzene rings is 1. The lowest BCUT2D eigenvalue weighted by Gasteiger charge is -2.47. The van der Waals surface area contributed by atoms with E-state index >= 15 is 0 Å². The Morgan fingerprint density at radius 2 is 2.00 bits per heavy atom. The molecule has 1 saturated heterocycles. The molecule has 30 heavy (non-hydrogen) atoms. The van der Waals surface area contributed by atoms with Crippen molar-refractivity contribution < 1.29 is 4.79 Å². The lowest BCUT2D eigenvalue weighted by molar-refractivity contribution is 0.0681. The third-order valence-electron chi connectivity index (χ3n) is 6.66. The lowest BCUT2D eigenvalue weighted by atomic mass is 9.84. The fraction of sp³-hybridized carbons (Fsp3) is 0.522. The Bertz CT molecular complexity index is 960. The van der Waals surface area contributed by atoms with Crippen molar-refractivity contribution >= 4 is 23.1 Å². The first kappa shape index (κ1) is 19.2. The highest BCUT2D eigenvalue weighted by Crippen LogP contribution is 2.37. The molecule has 2 N–H and O–H groups in total. The van der Waals surface area contributed by atoms with Crippen molar-refractivity contribution in [1.82, 2.24) is 14.7 Å². The van der Waals surface area contributed by atoms with Crippen LogP contribution < -0.4 is 10.6 Å². The van der Waals surface area contributed by atoms with Gasteiger partial charge in [0.15, 0.2) is 0 Å². The summed E-state index contributed by atoms with van der Waals surface area (Å²) >= 11 is 0. The third kappa shape index (κ3) is 3.36. The van der Waals surface area contributed by atoms with Crippen LogP contribution in [-0.4, -0.2) is 51.1 Å². The van der Waals surface area contributed by atoms with Crippen LogP contribution >= 0.6 is 0 Å². The van der Waals surface area contributed by atoms with Crippen LogP contribution in [-0.2, 0) is 6.54 Å². The van der Waals surface area contributed by atoms with E-state index in [0.717, 1.165) is 49.4 Å². The topological polar surface area (TPSA) is 74.6 Å². The number of hydrogen-bond donors (Lipinski definition) is 2. The maximum atomic E-state index is 13.3. The summed E-state index contributed by atoms with van der Waals surface area (Å²) in [6.45, 7) is 4.06. The summed E-state index contributed by atoms with van der Waals surface area (Å²) in [5, 5.41) is 11.7. The van der Waals surface area contributed by atoms with Gasteiger partial charge in [0, 0.05) is 19.3 Å². The highest BCUT2D eigenvalue weighted by molar-refractivity contribution is 6.10. The number of carbonyl (C=O) groups excluding carboxylic acids is 1. The monoisotopic (exact) mass is 406 g/mol. The van der Waals surface area contributed by atoms with Gasteiger partial charge < -0.3 is 15.5 Å². The maximum Gasteiger partial charge on any atom is 0.272 e. The second-order valence-electron chi connectivity index (χ2n) is 8.66. The number of rotatable bonds is 3. The molecule has 7 heteroatoms. The smallest absolute Gasteiger partial charge is 0.272 e. The van der Waals surface area contributed by atoms with Crippen LogP contribution in [0.1, 0.15) is 55.9 Å². The molecule has 7 nitrogen and oxygen atoms in total. The minimum Gasteiger partial charge on any atom is -0.370 e. The zero-order valence-corrected chi connectivity index (χ0v) is 17.6. The number of likely N-dealkylation sites (tertiary alicyclic amines) is 1. The van der Waals surface area contributed by atoms with Gasteiger partial charge in [-0.1, -0.05) is 25.0 Å². The molecule has 1 spiro atoms. The van der Waals surface area contributed by atoms with Crippen LogP contribution in [0.4, 0.5) is 11.4 Å². The molecular weight excluding hydrogens is 376 g/mol. The van der Waals surface area contributed by atoms with Crippen LogP contribution in [0.3, 0.4) is 0 Å². The van der Waals surface area contributed by atoms with E-state index in [9.17, 15) is 4.79 Å². The number of aliphatic imine (C=N–C) groups is 1. The molecule has 2 aliphatic heterocycles. The van der Waals surface area contributed by atoms with Crippen molar-refractivity contribution in [2.75, 3.05) is 23.7 Å². The number of aryl methyl sites for hydroxylation is 1. The summed E-state index contributed by atoms with van der Waals surface area (Å²) in [7, 11) is 0. The van der Waals surface area contributed by atoms with E-state index in [1.54, 1.807) is 10.9 Å². The van der Waals surface area contributed by atoms with E-state index < -0.39 is 0 Å². The van der Waals surface area contributed by atoms with Gasteiger partial charge in [0.1, 0.15) is 17.1 Å². The average molecular weight is 407 g/mol. The fourth-order valence-corrected chi connectivity index (χ4v) is 5.09. The van der Waals surface area contributed by atoms with Crippen molar-refractivity contribution in [1.29, 1.82) is 0 Å². The predicted octanol–water partition coefficient (Wildman–Crippen LogP) is 3.76. The zero-order chi connectivity index (χ0) is 20.6. The number of nitrogens with zero attached hydrogens (tertiary/aromatic N) is 4. The number of para-hydroxylation sites is 2. The van der Waals surface area contributed by atoms with Crippen LogP contribution in [0, 0.1) is 0 Å². The first-order valence-corrected chi connectivity index (χ1v) is 11.2. The Balaban J connectivity index is 1.48. The fourth-order valence-electron chi connectivity index (χ4n) is 5.09. The van der Waals surface area contributed by atoms with Gasteiger partial charge in [-0.2, -0.15) is 5.10 Å². The molecule has 1 aliphatic carbocycles. The molecule has 1 aromatic heterocycles. The molecule has 0 bridgehead atoms. The summed E-state index contributed by atoms with van der Waals surface area (Å²) in [5.74, 6) is 1.05. The maximum absolute atomic E-state index is 13.3. The van der Waals surface area contributed by atoms with Crippen LogP contribution in [0.25, 0.3) is 0 Å². The molecule has 2 fully saturated rings. The van der Waals surface area contributed by atoms with Crippen LogP contribution in [0.2, 0.25) is 0 Å². The highest BCUT2D eigenvalue weighted by Gasteiger charge is 2.45. The van der Waals surface area contributed by atoms with E-state index in [2.05, 4.69) is 27.9 Å². The summed E-state index contributed by atoms with van der Waals surface area (Å²) in [6, 6.07) is 10.5. The molecular formula is C23H30N6O. The molecule has 5 rings (SSSR count). The average Bonchev–Trinajstić information content (AvgIpc) is 3.46. The largest absolute Gasteiger partial charge is 0.370 e. The molecule has 0 unspecified atom stereocenters. The molecule has 1 amide bonds. The Hall–Kier alpha value is -2.83. The van der Waals surface area contributed by atoms with Gasteiger partial charge in [-0.05, 0) is 50.8 Å². The van der Waals surface area contributed by atoms with Crippen molar-refractivity contribution in [3.8, 4) is 0 Å². The summed E-state index contributed by atoms with van der Waals surface area (Å²) in [4.78, 5) is 20.5. The van der Waals surface area contributed by atoms with Crippen molar-refractivity contribution in [2.45, 2.75) is 63.6 Å². The predicted molar refractivity (Wildman–Crippen MR) is 119 cm³/mol. The van der Waals surface area contributed by atoms with E-state index in [-0.39, 0.29) is 11.4 Å². The molecule has 1 aromatic carbocycles. The van der Waals surface area contributed by atoms with Gasteiger partial charge in [-0.3, -0.25) is 14.5 Å². The zero-order valence-electron chi connectivity index (χ0n) is 17.6. The summed E-state index contributed by atoms with van der Waals surface area (Å²) in [6.07, 6.45) is 8.42. The van der Waals surface area contributed by atoms with E-state index in [0.29, 0.717) is 24.8 Å². The SMILES string of the molecule is CCn1nccc1C(=O)N1CCC[C@@]2(C1)Nc1ccccc1NC2=NC1CCCC1. The minimum absolute atomic E-state index is 0.0503. The van der Waals surface area contributed by atoms with E-state index in [4.69, 9.17) is 4.99 Å². The second kappa shape index (κ2) is 7.78. The number of fused-ring (bicyclic) bond motifs is 1. The third-order valence-corrected chi connectivity index (χ3v) is 6.66. The Labute approximate surface area is 177 Å². The first-order chi connectivity index (χ1) is 14.7. The van der Waals surface area contributed by atoms with Gasteiger partial charge in [0.05, 0.1) is 24.0 Å². The van der Waals surface area contributed by atoms with Gasteiger partial charge in [-0.15, -0.1) is 0 Å². The van der Waals surface area contributed by atoms with Crippen molar-refractivity contribution in [3.05, 3.63) is 42.2 Å². The molecule has 1 atom stereocenters. The van der Waals surface area contributed by atoms with Crippen LogP contribution in [0.5, 0.6) is 0 Å². The first-order valence-electron chi connectivity index (χ1n) is 11.2. The minimum atomic E-state index is -0.373. The Morgan fingerprint density at radius 3 is 2.80 bits per heavy atom. The molecule has 3 heterocycles. The van der Waals surface area contributed by atoms with Crippen LogP contribution in [0.15, 0.2) is 41.5 Å². The number of anilines is 2. The number of nitrogens with one attached hydrogen (secondary N) is 2. The number of hydrogen-bond acceptors (Lipinski definition) is 4. The Morgan fingerprint density at radius 1 is 1.20 bits per heavy atom. The van der Waals surface area contributed by atoms with E-state index in [1.165, 1.54) is 12.8 Å². The standard InChI is InChI=1S/C23H30N6O/c1-2-29-20(12-14-24-29)21(30)28-15-7-13-23(16-28)22(25-17-8-3-4-9-17)26-18-10-5-6-11-19(18)27-23/h5-6,10-12,14,17,27H,2-4,7-9,13,15-16H2,1H3,(H,25,26)/t23-/m0/s1. The van der Waals surface area contributed by atoms with Crippen molar-refractivity contribution in [3.63, 3.8) is 0 Å². The number of amidine groups is 1. The van der Waals surface area contributed by atoms with Gasteiger partial charge in [-0.25, -0.2) is 0 Å². The van der Waals surface area contributed by atoms with Gasteiger partial charge >= 0.3 is 0 Å². The van der Waals surface area contributed by atoms with Gasteiger partial charge in [0.2, 0.25) is 0 Å². The molecule has 158 valence electrons. The number of carbonyl (C=O) groups is 1. The number of piperidine rings is 1. The molecule has 0 radical (unpaired) electrons. The lowest BCUT2D eigenvalue weighted by Crippen LogP contribution is -2.62. The summed E-state index contributed by atoms with van der Waals surface area (Å²) < 4.78 is 1.78. The second-order valence-corrected chi connectivity index (χ2v) is 8.66. The number of amides is 1. The highest BCUT2D eigenvalue weighted by atomic mass is 16.2. The quantitative estimate of drug-likeness (QED) is 0.814. The number of aromatic nitrogens is 2. The molecule has 1 saturated carbocycles. The van der Waals surface area contributed by atoms with Gasteiger partial charge in [0.25, 0.3) is 5.91 Å². The normalized spacial score (nSPS) is 25.2. The molecule has 2 aromatic rings. The Kier molecular flexibility index (Phi) is 4.97. The van der Waals surface area contributed by atoms with Crippen molar-refractivity contribution in [2.24, 2.45) is 4.99 Å². The summed E-state index contributed by atoms with van der Waals surface area (Å²) in [5.41, 5.74) is 2.43. The van der Waals surface area contributed by atoms with E-state index in [1.807, 2.05) is 30.0 Å².